The first-order valence-electron chi connectivity index (χ1n) is 7.56. The Morgan fingerprint density at radius 3 is 2.60 bits per heavy atom. The molecule has 1 N–H and O–H groups in total. The van der Waals surface area contributed by atoms with Crippen LogP contribution in [0.25, 0.3) is 0 Å². The summed E-state index contributed by atoms with van der Waals surface area (Å²) in [4.78, 5) is 12.4. The number of carbonyl (C=O) groups is 1. The average Bonchev–Trinajstić information content (AvgIpc) is 2.80. The lowest BCUT2D eigenvalue weighted by Gasteiger charge is -2.11. The number of benzene rings is 1. The van der Waals surface area contributed by atoms with Gasteiger partial charge in [-0.05, 0) is 31.5 Å². The van der Waals surface area contributed by atoms with Gasteiger partial charge in [-0.3, -0.25) is 9.48 Å². The van der Waals surface area contributed by atoms with E-state index in [0.717, 1.165) is 25.0 Å². The molecule has 0 aliphatic carbocycles. The number of alkyl halides is 3. The number of halogens is 5. The van der Waals surface area contributed by atoms with Crippen molar-refractivity contribution >= 4 is 34.8 Å². The maximum absolute atomic E-state index is 12.9. The van der Waals surface area contributed by atoms with Gasteiger partial charge in [0.15, 0.2) is 0 Å². The highest BCUT2D eigenvalue weighted by Gasteiger charge is 2.33. The topological polar surface area (TPSA) is 46.9 Å². The van der Waals surface area contributed by atoms with Gasteiger partial charge in [-0.2, -0.15) is 18.3 Å². The van der Waals surface area contributed by atoms with Crippen molar-refractivity contribution in [3.8, 4) is 0 Å². The highest BCUT2D eigenvalue weighted by molar-refractivity contribution is 6.34. The van der Waals surface area contributed by atoms with Crippen LogP contribution in [0.2, 0.25) is 10.2 Å². The van der Waals surface area contributed by atoms with Gasteiger partial charge in [-0.25, -0.2) is 0 Å². The summed E-state index contributed by atoms with van der Waals surface area (Å²) >= 11 is 11.8. The van der Waals surface area contributed by atoms with E-state index in [4.69, 9.17) is 23.2 Å². The van der Waals surface area contributed by atoms with Crippen molar-refractivity contribution < 1.29 is 18.0 Å². The Hall–Kier alpha value is -1.73. The van der Waals surface area contributed by atoms with Gasteiger partial charge >= 0.3 is 6.18 Å². The third kappa shape index (κ3) is 4.46. The van der Waals surface area contributed by atoms with Crippen LogP contribution in [0.1, 0.15) is 41.4 Å². The maximum atomic E-state index is 12.9. The van der Waals surface area contributed by atoms with Crippen LogP contribution in [0.15, 0.2) is 18.2 Å². The third-order valence-corrected chi connectivity index (χ3v) is 4.26. The Morgan fingerprint density at radius 2 is 2.00 bits per heavy atom. The van der Waals surface area contributed by atoms with E-state index in [1.165, 1.54) is 10.7 Å². The molecular formula is C16H16Cl2F3N3O. The molecule has 4 nitrogen and oxygen atoms in total. The minimum atomic E-state index is -4.61. The Kier molecular flexibility index (Phi) is 6.00. The fraction of sp³-hybridized carbons (Fsp3) is 0.375. The summed E-state index contributed by atoms with van der Waals surface area (Å²) < 4.78 is 40.2. The van der Waals surface area contributed by atoms with E-state index in [9.17, 15) is 18.0 Å². The summed E-state index contributed by atoms with van der Waals surface area (Å²) in [5.74, 6) is -0.624. The molecule has 0 spiro atoms. The van der Waals surface area contributed by atoms with Gasteiger partial charge < -0.3 is 5.32 Å². The summed E-state index contributed by atoms with van der Waals surface area (Å²) in [5.41, 5.74) is -0.503. The van der Waals surface area contributed by atoms with Crippen LogP contribution in [0.4, 0.5) is 18.9 Å². The van der Waals surface area contributed by atoms with Crippen LogP contribution < -0.4 is 5.32 Å². The van der Waals surface area contributed by atoms with Crippen LogP contribution in [0.3, 0.4) is 0 Å². The monoisotopic (exact) mass is 393 g/mol. The number of aryl methyl sites for hydroxylation is 2. The number of anilines is 1. The normalized spacial score (nSPS) is 11.6. The van der Waals surface area contributed by atoms with Crippen molar-refractivity contribution in [3.63, 3.8) is 0 Å². The van der Waals surface area contributed by atoms with Gasteiger partial charge in [0, 0.05) is 12.2 Å². The molecule has 1 amide bonds. The second kappa shape index (κ2) is 7.66. The minimum absolute atomic E-state index is 0.0292. The number of aromatic nitrogens is 2. The smallest absolute Gasteiger partial charge is 0.322 e. The molecular weight excluding hydrogens is 378 g/mol. The first-order valence-corrected chi connectivity index (χ1v) is 8.31. The quantitative estimate of drug-likeness (QED) is 0.721. The number of nitrogens with zero attached hydrogens (tertiary/aromatic N) is 2. The Labute approximate surface area is 152 Å². The first kappa shape index (κ1) is 19.6. The number of nitrogens with one attached hydrogen (secondary N) is 1. The van der Waals surface area contributed by atoms with Gasteiger partial charge in [0.1, 0.15) is 5.15 Å². The van der Waals surface area contributed by atoms with E-state index >= 15 is 0 Å². The van der Waals surface area contributed by atoms with Crippen molar-refractivity contribution in [2.24, 2.45) is 0 Å². The van der Waals surface area contributed by atoms with Crippen LogP contribution >= 0.6 is 23.2 Å². The molecule has 1 aromatic heterocycles. The van der Waals surface area contributed by atoms with Crippen LogP contribution in [0, 0.1) is 6.92 Å². The number of amides is 1. The average molecular weight is 394 g/mol. The van der Waals surface area contributed by atoms with Gasteiger partial charge in [0.2, 0.25) is 0 Å². The van der Waals surface area contributed by atoms with E-state index < -0.39 is 22.7 Å². The lowest BCUT2D eigenvalue weighted by Crippen LogP contribution is -2.14. The molecule has 0 radical (unpaired) electrons. The fourth-order valence-electron chi connectivity index (χ4n) is 2.28. The molecule has 0 aliphatic heterocycles. The van der Waals surface area contributed by atoms with Crippen molar-refractivity contribution in [2.45, 2.75) is 39.4 Å². The van der Waals surface area contributed by atoms with Crippen LogP contribution in [-0.2, 0) is 12.7 Å². The van der Waals surface area contributed by atoms with Crippen LogP contribution in [0.5, 0.6) is 0 Å². The van der Waals surface area contributed by atoms with Crippen molar-refractivity contribution in [3.05, 3.63) is 45.2 Å². The number of carbonyl (C=O) groups excluding carboxylic acids is 1. The summed E-state index contributed by atoms with van der Waals surface area (Å²) in [6, 6.07) is 3.16. The van der Waals surface area contributed by atoms with Gasteiger partial charge in [-0.1, -0.05) is 36.5 Å². The zero-order valence-electron chi connectivity index (χ0n) is 13.5. The molecule has 9 heteroatoms. The SMILES string of the molecule is CCCCn1nc(C)c(C(=O)Nc2ccc(Cl)c(C(F)(F)F)c2)c1Cl. The molecule has 2 aromatic rings. The maximum Gasteiger partial charge on any atom is 0.417 e. The predicted molar refractivity (Wildman–Crippen MR) is 91.3 cm³/mol. The molecule has 0 saturated heterocycles. The largest absolute Gasteiger partial charge is 0.417 e. The Morgan fingerprint density at radius 1 is 1.32 bits per heavy atom. The molecule has 25 heavy (non-hydrogen) atoms. The van der Waals surface area contributed by atoms with E-state index in [1.807, 2.05) is 6.92 Å². The van der Waals surface area contributed by atoms with Gasteiger partial charge in [0.05, 0.1) is 21.8 Å². The molecule has 0 saturated carbocycles. The van der Waals surface area contributed by atoms with Crippen molar-refractivity contribution in [1.29, 1.82) is 0 Å². The van der Waals surface area contributed by atoms with E-state index in [2.05, 4.69) is 10.4 Å². The molecule has 0 unspecified atom stereocenters. The Bertz CT molecular complexity index is 788. The standard InChI is InChI=1S/C16H16Cl2F3N3O/c1-3-4-7-24-14(18)13(9(2)23-24)15(25)22-10-5-6-12(17)11(8-10)16(19,20)21/h5-6,8H,3-4,7H2,1-2H3,(H,22,25). The summed E-state index contributed by atoms with van der Waals surface area (Å²) in [6.07, 6.45) is -2.84. The number of hydrogen-bond acceptors (Lipinski definition) is 2. The fourth-order valence-corrected chi connectivity index (χ4v) is 2.85. The van der Waals surface area contributed by atoms with E-state index in [0.29, 0.717) is 12.2 Å². The van der Waals surface area contributed by atoms with Gasteiger partial charge in [-0.15, -0.1) is 0 Å². The number of unbranched alkanes of at least 4 members (excludes halogenated alkanes) is 1. The number of rotatable bonds is 5. The molecule has 0 fully saturated rings. The predicted octanol–water partition coefficient (Wildman–Crippen LogP) is 5.57. The van der Waals surface area contributed by atoms with Crippen molar-refractivity contribution in [1.82, 2.24) is 9.78 Å². The summed E-state index contributed by atoms with van der Waals surface area (Å²) in [6.45, 7) is 4.19. The third-order valence-electron chi connectivity index (χ3n) is 3.55. The summed E-state index contributed by atoms with van der Waals surface area (Å²) in [7, 11) is 0. The zero-order chi connectivity index (χ0) is 18.8. The molecule has 2 rings (SSSR count). The summed E-state index contributed by atoms with van der Waals surface area (Å²) in [5, 5.41) is 6.34. The highest BCUT2D eigenvalue weighted by atomic mass is 35.5. The molecule has 0 atom stereocenters. The molecule has 0 aliphatic rings. The molecule has 136 valence electrons. The second-order valence-corrected chi connectivity index (χ2v) is 6.24. The van der Waals surface area contributed by atoms with Gasteiger partial charge in [0.25, 0.3) is 5.91 Å². The molecule has 1 heterocycles. The van der Waals surface area contributed by atoms with E-state index in [1.54, 1.807) is 6.92 Å². The van der Waals surface area contributed by atoms with Crippen molar-refractivity contribution in [2.75, 3.05) is 5.32 Å². The zero-order valence-corrected chi connectivity index (χ0v) is 15.1. The van der Waals surface area contributed by atoms with E-state index in [-0.39, 0.29) is 16.4 Å². The number of hydrogen-bond donors (Lipinski definition) is 1. The minimum Gasteiger partial charge on any atom is -0.322 e. The second-order valence-electron chi connectivity index (χ2n) is 5.47. The lowest BCUT2D eigenvalue weighted by molar-refractivity contribution is -0.137. The lowest BCUT2D eigenvalue weighted by atomic mass is 10.1. The molecule has 1 aromatic carbocycles. The Balaban J connectivity index is 2.27. The van der Waals surface area contributed by atoms with Crippen LogP contribution in [-0.4, -0.2) is 15.7 Å². The first-order chi connectivity index (χ1) is 11.6. The molecule has 0 bridgehead atoms. The highest BCUT2D eigenvalue weighted by Crippen LogP contribution is 2.36.